The van der Waals surface area contributed by atoms with Crippen molar-refractivity contribution in [1.29, 1.82) is 0 Å². The molecule has 7 heteroatoms. The lowest BCUT2D eigenvalue weighted by Crippen LogP contribution is -2.56. The minimum Gasteiger partial charge on any atom is -0.462 e. The molecule has 2 fully saturated rings. The van der Waals surface area contributed by atoms with Crippen LogP contribution in [0.15, 0.2) is 0 Å². The molecule has 0 aromatic carbocycles. The van der Waals surface area contributed by atoms with Gasteiger partial charge in [-0.15, -0.1) is 0 Å². The molecule has 0 bridgehead atoms. The number of esters is 1. The highest BCUT2D eigenvalue weighted by Gasteiger charge is 2.47. The average molecular weight is 361 g/mol. The predicted molar refractivity (Wildman–Crippen MR) is 94.5 cm³/mol. The molecule has 2 aliphatic rings. The van der Waals surface area contributed by atoms with Gasteiger partial charge in [0.15, 0.2) is 16.6 Å². The van der Waals surface area contributed by atoms with Gasteiger partial charge in [0, 0.05) is 6.42 Å². The Labute approximate surface area is 142 Å². The molecule has 0 amide bonds. The minimum absolute atomic E-state index is 0.0667. The van der Waals surface area contributed by atoms with E-state index in [4.69, 9.17) is 18.3 Å². The van der Waals surface area contributed by atoms with E-state index in [9.17, 15) is 4.79 Å². The summed E-state index contributed by atoms with van der Waals surface area (Å²) in [5.41, 5.74) is 0. The van der Waals surface area contributed by atoms with Crippen LogP contribution in [0.2, 0.25) is 39.3 Å². The van der Waals surface area contributed by atoms with E-state index in [-0.39, 0.29) is 36.3 Å². The van der Waals surface area contributed by atoms with E-state index in [0.29, 0.717) is 13.0 Å². The number of cyclic esters (lactones) is 1. The Morgan fingerprint density at radius 1 is 1.09 bits per heavy atom. The van der Waals surface area contributed by atoms with Gasteiger partial charge in [-0.25, -0.2) is 0 Å². The molecule has 0 radical (unpaired) electrons. The van der Waals surface area contributed by atoms with Gasteiger partial charge in [-0.05, 0) is 52.6 Å². The van der Waals surface area contributed by atoms with Crippen molar-refractivity contribution in [3.8, 4) is 0 Å². The summed E-state index contributed by atoms with van der Waals surface area (Å²) in [6.45, 7) is 15.5. The lowest BCUT2D eigenvalue weighted by atomic mass is 9.85. The second kappa shape index (κ2) is 6.95. The van der Waals surface area contributed by atoms with Gasteiger partial charge in [-0.3, -0.25) is 4.79 Å². The third kappa shape index (κ3) is 5.67. The molecule has 0 aliphatic carbocycles. The number of hydrogen-bond donors (Lipinski definition) is 0. The van der Waals surface area contributed by atoms with Crippen LogP contribution in [0.4, 0.5) is 0 Å². The fourth-order valence-electron chi connectivity index (χ4n) is 3.15. The SMILES string of the molecule is C[C@H]1C[C@H]2O[C@H](CO[Si](C)(C)C)[C@@H](O[Si](C)(C)C)C[C@H]2C(=O)O1. The molecular formula is C16H32O5Si2. The number of ether oxygens (including phenoxy) is 2. The largest absolute Gasteiger partial charge is 0.462 e. The first-order chi connectivity index (χ1) is 10.4. The average Bonchev–Trinajstić information content (AvgIpc) is 2.34. The zero-order valence-corrected chi connectivity index (χ0v) is 17.5. The highest BCUT2D eigenvalue weighted by Crippen LogP contribution is 2.36. The number of carbonyl (C=O) groups excluding carboxylic acids is 1. The van der Waals surface area contributed by atoms with E-state index >= 15 is 0 Å². The van der Waals surface area contributed by atoms with Crippen molar-refractivity contribution in [2.45, 2.75) is 83.5 Å². The summed E-state index contributed by atoms with van der Waals surface area (Å²) < 4.78 is 24.1. The molecule has 5 atom stereocenters. The highest BCUT2D eigenvalue weighted by atomic mass is 28.4. The van der Waals surface area contributed by atoms with Gasteiger partial charge >= 0.3 is 5.97 Å². The highest BCUT2D eigenvalue weighted by molar-refractivity contribution is 6.70. The van der Waals surface area contributed by atoms with Crippen molar-refractivity contribution < 1.29 is 23.1 Å². The maximum atomic E-state index is 12.2. The molecule has 0 N–H and O–H groups in total. The molecule has 5 nitrogen and oxygen atoms in total. The van der Waals surface area contributed by atoms with Crippen LogP contribution in [0.25, 0.3) is 0 Å². The molecule has 2 saturated heterocycles. The van der Waals surface area contributed by atoms with Crippen LogP contribution in [-0.4, -0.2) is 53.6 Å². The van der Waals surface area contributed by atoms with E-state index < -0.39 is 16.6 Å². The van der Waals surface area contributed by atoms with Gasteiger partial charge in [0.25, 0.3) is 0 Å². The maximum Gasteiger partial charge on any atom is 0.311 e. The van der Waals surface area contributed by atoms with Crippen molar-refractivity contribution in [1.82, 2.24) is 0 Å². The number of rotatable bonds is 5. The van der Waals surface area contributed by atoms with Gasteiger partial charge in [-0.1, -0.05) is 0 Å². The van der Waals surface area contributed by atoms with Crippen LogP contribution in [0.3, 0.4) is 0 Å². The molecule has 2 heterocycles. The van der Waals surface area contributed by atoms with Gasteiger partial charge in [0.1, 0.15) is 12.2 Å². The van der Waals surface area contributed by atoms with Gasteiger partial charge < -0.3 is 18.3 Å². The Bertz CT molecular complexity index is 429. The number of hydrogen-bond acceptors (Lipinski definition) is 5. The van der Waals surface area contributed by atoms with Crippen molar-refractivity contribution in [3.05, 3.63) is 0 Å². The van der Waals surface area contributed by atoms with E-state index in [1.54, 1.807) is 0 Å². The summed E-state index contributed by atoms with van der Waals surface area (Å²) in [5, 5.41) is 0. The van der Waals surface area contributed by atoms with Gasteiger partial charge in [0.2, 0.25) is 0 Å². The molecule has 0 unspecified atom stereocenters. The standard InChI is InChI=1S/C16H32O5Si2/c1-11-8-13-12(16(17)19-11)9-14(21-23(5,6)7)15(20-13)10-18-22(2,3)4/h11-15H,8-10H2,1-7H3/t11-,12+,13+,14-,15+/m0/s1. The summed E-state index contributed by atoms with van der Waals surface area (Å²) in [5.74, 6) is -0.335. The minimum atomic E-state index is -1.73. The predicted octanol–water partition coefficient (Wildman–Crippen LogP) is 3.17. The second-order valence-electron chi connectivity index (χ2n) is 8.73. The van der Waals surface area contributed by atoms with Gasteiger partial charge in [-0.2, -0.15) is 0 Å². The molecule has 0 aromatic rings. The number of fused-ring (bicyclic) bond motifs is 1. The van der Waals surface area contributed by atoms with Crippen LogP contribution < -0.4 is 0 Å². The summed E-state index contributed by atoms with van der Waals surface area (Å²) >= 11 is 0. The van der Waals surface area contributed by atoms with Crippen molar-refractivity contribution in [2.75, 3.05) is 6.61 Å². The molecule has 0 aromatic heterocycles. The summed E-state index contributed by atoms with van der Waals surface area (Å²) in [6.07, 6.45) is 1.13. The molecular weight excluding hydrogens is 328 g/mol. The lowest BCUT2D eigenvalue weighted by molar-refractivity contribution is -0.204. The Hall–Kier alpha value is -0.216. The topological polar surface area (TPSA) is 54.0 Å². The Morgan fingerprint density at radius 3 is 2.30 bits per heavy atom. The quantitative estimate of drug-likeness (QED) is 0.557. The number of carbonyl (C=O) groups is 1. The third-order valence-electron chi connectivity index (χ3n) is 4.07. The third-order valence-corrected chi connectivity index (χ3v) is 6.11. The molecule has 2 aliphatic heterocycles. The van der Waals surface area contributed by atoms with Crippen molar-refractivity contribution >= 4 is 22.6 Å². The van der Waals surface area contributed by atoms with Crippen LogP contribution in [0.1, 0.15) is 19.8 Å². The Kier molecular flexibility index (Phi) is 5.78. The smallest absolute Gasteiger partial charge is 0.311 e. The zero-order valence-electron chi connectivity index (χ0n) is 15.5. The summed E-state index contributed by atoms with van der Waals surface area (Å²) in [4.78, 5) is 12.2. The van der Waals surface area contributed by atoms with E-state index in [1.807, 2.05) is 6.92 Å². The first-order valence-corrected chi connectivity index (χ1v) is 15.4. The first kappa shape index (κ1) is 19.1. The Morgan fingerprint density at radius 2 is 1.74 bits per heavy atom. The molecule has 0 spiro atoms. The van der Waals surface area contributed by atoms with Crippen LogP contribution in [0, 0.1) is 5.92 Å². The van der Waals surface area contributed by atoms with Gasteiger partial charge in [0.05, 0.1) is 24.7 Å². The first-order valence-electron chi connectivity index (χ1n) is 8.62. The maximum absolute atomic E-state index is 12.2. The molecule has 2 rings (SSSR count). The second-order valence-corrected chi connectivity index (χ2v) is 17.7. The van der Waals surface area contributed by atoms with E-state index in [0.717, 1.165) is 6.42 Å². The van der Waals surface area contributed by atoms with Crippen LogP contribution in [0.5, 0.6) is 0 Å². The molecule has 23 heavy (non-hydrogen) atoms. The van der Waals surface area contributed by atoms with Crippen LogP contribution >= 0.6 is 0 Å². The molecule has 134 valence electrons. The summed E-state index contributed by atoms with van der Waals surface area (Å²) in [6, 6.07) is 0. The van der Waals surface area contributed by atoms with E-state index in [2.05, 4.69) is 39.3 Å². The fraction of sp³-hybridized carbons (Fsp3) is 0.938. The van der Waals surface area contributed by atoms with Crippen molar-refractivity contribution in [3.63, 3.8) is 0 Å². The van der Waals surface area contributed by atoms with E-state index in [1.165, 1.54) is 0 Å². The molecule has 0 saturated carbocycles. The monoisotopic (exact) mass is 360 g/mol. The fourth-order valence-corrected chi connectivity index (χ4v) is 4.97. The summed E-state index contributed by atoms with van der Waals surface area (Å²) in [7, 11) is -3.35. The normalized spacial score (nSPS) is 35.6. The lowest BCUT2D eigenvalue weighted by Gasteiger charge is -2.45. The van der Waals surface area contributed by atoms with Crippen molar-refractivity contribution in [2.24, 2.45) is 5.92 Å². The zero-order chi connectivity index (χ0) is 17.4. The van der Waals surface area contributed by atoms with Crippen LogP contribution in [-0.2, 0) is 23.1 Å². The Balaban J connectivity index is 2.10.